The lowest BCUT2D eigenvalue weighted by Crippen LogP contribution is -2.26. The van der Waals surface area contributed by atoms with Gasteiger partial charge in [-0.2, -0.15) is 0 Å². The van der Waals surface area contributed by atoms with E-state index in [0.717, 1.165) is 26.2 Å². The molecule has 0 aliphatic carbocycles. The third-order valence-electron chi connectivity index (χ3n) is 2.02. The van der Waals surface area contributed by atoms with Crippen molar-refractivity contribution in [2.24, 2.45) is 0 Å². The third kappa shape index (κ3) is 9.92. The molecule has 0 spiro atoms. The first-order chi connectivity index (χ1) is 6.81. The highest BCUT2D eigenvalue weighted by atomic mass is 16.5. The molecule has 0 heterocycles. The van der Waals surface area contributed by atoms with E-state index in [2.05, 4.69) is 17.3 Å². The van der Waals surface area contributed by atoms with Crippen LogP contribution in [0.3, 0.4) is 0 Å². The second-order valence-corrected chi connectivity index (χ2v) is 3.37. The van der Waals surface area contributed by atoms with E-state index in [1.165, 1.54) is 6.42 Å². The van der Waals surface area contributed by atoms with Gasteiger partial charge >= 0.3 is 0 Å². The van der Waals surface area contributed by atoms with Gasteiger partial charge in [0.1, 0.15) is 0 Å². The molecule has 0 fully saturated rings. The van der Waals surface area contributed by atoms with Crippen LogP contribution in [0, 0.1) is 0 Å². The Kier molecular flexibility index (Phi) is 10.8. The summed E-state index contributed by atoms with van der Waals surface area (Å²) in [5.74, 6) is 0. The van der Waals surface area contributed by atoms with Gasteiger partial charge in [0.2, 0.25) is 0 Å². The van der Waals surface area contributed by atoms with E-state index in [4.69, 9.17) is 9.47 Å². The van der Waals surface area contributed by atoms with Crippen molar-refractivity contribution < 1.29 is 9.47 Å². The van der Waals surface area contributed by atoms with Crippen LogP contribution in [0.1, 0.15) is 6.42 Å². The first-order valence-corrected chi connectivity index (χ1v) is 5.21. The summed E-state index contributed by atoms with van der Waals surface area (Å²) in [6.45, 7) is 5.36. The molecule has 0 rings (SSSR count). The van der Waals surface area contributed by atoms with E-state index >= 15 is 0 Å². The summed E-state index contributed by atoms with van der Waals surface area (Å²) in [5, 5.41) is 3.13. The van der Waals surface area contributed by atoms with Gasteiger partial charge in [-0.3, -0.25) is 0 Å². The van der Waals surface area contributed by atoms with E-state index in [0.29, 0.717) is 13.2 Å². The topological polar surface area (TPSA) is 33.7 Å². The summed E-state index contributed by atoms with van der Waals surface area (Å²) in [6.07, 6.45) is 1.19. The van der Waals surface area contributed by atoms with Crippen molar-refractivity contribution in [1.82, 2.24) is 10.2 Å². The molecule has 0 bridgehead atoms. The Balaban J connectivity index is 3.06. The maximum atomic E-state index is 5.37. The average molecular weight is 204 g/mol. The number of nitrogens with zero attached hydrogens (tertiary/aromatic N) is 1. The van der Waals surface area contributed by atoms with Gasteiger partial charge in [-0.25, -0.2) is 0 Å². The molecule has 1 N–H and O–H groups in total. The Morgan fingerprint density at radius 3 is 2.57 bits per heavy atom. The summed E-state index contributed by atoms with van der Waals surface area (Å²) in [5.41, 5.74) is 0. The van der Waals surface area contributed by atoms with E-state index < -0.39 is 0 Å². The maximum absolute atomic E-state index is 5.37. The monoisotopic (exact) mass is 204 g/mol. The second-order valence-electron chi connectivity index (χ2n) is 3.37. The predicted molar refractivity (Wildman–Crippen MR) is 58.7 cm³/mol. The molecular weight excluding hydrogens is 180 g/mol. The smallest absolute Gasteiger partial charge is 0.0700 e. The first-order valence-electron chi connectivity index (χ1n) is 5.21. The van der Waals surface area contributed by atoms with Gasteiger partial charge in [0, 0.05) is 13.7 Å². The Bertz CT molecular complexity index is 112. The lowest BCUT2D eigenvalue weighted by Gasteiger charge is -2.16. The fraction of sp³-hybridized carbons (Fsp3) is 1.00. The van der Waals surface area contributed by atoms with Gasteiger partial charge < -0.3 is 19.7 Å². The van der Waals surface area contributed by atoms with Crippen molar-refractivity contribution in [2.75, 3.05) is 60.7 Å². The highest BCUT2D eigenvalue weighted by molar-refractivity contribution is 4.52. The molecule has 0 saturated heterocycles. The number of likely N-dealkylation sites (N-methyl/N-ethyl adjacent to an activating group) is 1. The Morgan fingerprint density at radius 1 is 1.14 bits per heavy atom. The summed E-state index contributed by atoms with van der Waals surface area (Å²) < 4.78 is 10.3. The fourth-order valence-corrected chi connectivity index (χ4v) is 1.10. The second kappa shape index (κ2) is 10.9. The lowest BCUT2D eigenvalue weighted by molar-refractivity contribution is 0.0605. The molecule has 0 aromatic rings. The van der Waals surface area contributed by atoms with Gasteiger partial charge in [-0.15, -0.1) is 0 Å². The fourth-order valence-electron chi connectivity index (χ4n) is 1.10. The van der Waals surface area contributed by atoms with Crippen LogP contribution >= 0.6 is 0 Å². The average Bonchev–Trinajstić information content (AvgIpc) is 2.18. The normalized spacial score (nSPS) is 11.1. The minimum atomic E-state index is 0.684. The van der Waals surface area contributed by atoms with Crippen LogP contribution in [-0.4, -0.2) is 65.6 Å². The van der Waals surface area contributed by atoms with Gasteiger partial charge in [0.05, 0.1) is 19.8 Å². The van der Waals surface area contributed by atoms with Crippen LogP contribution < -0.4 is 5.32 Å². The molecule has 0 saturated carbocycles. The molecule has 14 heavy (non-hydrogen) atoms. The van der Waals surface area contributed by atoms with Gasteiger partial charge in [0.15, 0.2) is 0 Å². The minimum Gasteiger partial charge on any atom is -0.382 e. The van der Waals surface area contributed by atoms with Crippen molar-refractivity contribution in [3.8, 4) is 0 Å². The minimum absolute atomic E-state index is 0.684. The zero-order valence-electron chi connectivity index (χ0n) is 9.71. The first kappa shape index (κ1) is 13.8. The molecule has 4 nitrogen and oxygen atoms in total. The van der Waals surface area contributed by atoms with Crippen LogP contribution in [0.4, 0.5) is 0 Å². The van der Waals surface area contributed by atoms with Crippen molar-refractivity contribution in [2.45, 2.75) is 6.42 Å². The van der Waals surface area contributed by atoms with Crippen LogP contribution in [-0.2, 0) is 9.47 Å². The van der Waals surface area contributed by atoms with Crippen molar-refractivity contribution in [3.05, 3.63) is 0 Å². The molecular formula is C10H24N2O2. The number of rotatable bonds is 10. The predicted octanol–water partition coefficient (Wildman–Crippen LogP) is 0.191. The molecule has 0 radical (unpaired) electrons. The zero-order valence-corrected chi connectivity index (χ0v) is 9.71. The van der Waals surface area contributed by atoms with Crippen molar-refractivity contribution in [3.63, 3.8) is 0 Å². The molecule has 0 amide bonds. The van der Waals surface area contributed by atoms with Gasteiger partial charge in [-0.05, 0) is 33.6 Å². The molecule has 0 unspecified atom stereocenters. The highest BCUT2D eigenvalue weighted by Crippen LogP contribution is 1.87. The van der Waals surface area contributed by atoms with Gasteiger partial charge in [0.25, 0.3) is 0 Å². The molecule has 0 aromatic carbocycles. The van der Waals surface area contributed by atoms with Crippen LogP contribution in [0.2, 0.25) is 0 Å². The Morgan fingerprint density at radius 2 is 1.93 bits per heavy atom. The number of hydrogen-bond acceptors (Lipinski definition) is 4. The number of nitrogens with one attached hydrogen (secondary N) is 1. The van der Waals surface area contributed by atoms with Gasteiger partial charge in [-0.1, -0.05) is 0 Å². The quantitative estimate of drug-likeness (QED) is 0.515. The van der Waals surface area contributed by atoms with Crippen LogP contribution in [0.25, 0.3) is 0 Å². The number of ether oxygens (including phenoxy) is 2. The Hall–Kier alpha value is -0.160. The number of methoxy groups -OCH3 is 1. The van der Waals surface area contributed by atoms with Crippen LogP contribution in [0.5, 0.6) is 0 Å². The summed E-state index contributed by atoms with van der Waals surface area (Å²) in [7, 11) is 5.79. The van der Waals surface area contributed by atoms with E-state index in [9.17, 15) is 0 Å². The Labute approximate surface area is 87.6 Å². The van der Waals surface area contributed by atoms with Crippen molar-refractivity contribution in [1.29, 1.82) is 0 Å². The maximum Gasteiger partial charge on any atom is 0.0700 e. The molecule has 0 aliphatic heterocycles. The van der Waals surface area contributed by atoms with E-state index in [-0.39, 0.29) is 0 Å². The number of hydrogen-bond donors (Lipinski definition) is 1. The molecule has 86 valence electrons. The molecule has 4 heteroatoms. The lowest BCUT2D eigenvalue weighted by atomic mass is 10.4. The zero-order chi connectivity index (χ0) is 10.6. The van der Waals surface area contributed by atoms with Crippen LogP contribution in [0.15, 0.2) is 0 Å². The SMILES string of the molecule is CNCCCN(C)CCOCCOC. The highest BCUT2D eigenvalue weighted by Gasteiger charge is 1.97. The standard InChI is InChI=1S/C10H24N2O2/c1-11-5-4-6-12(2)7-8-14-10-9-13-3/h11H,4-10H2,1-3H3. The van der Waals surface area contributed by atoms with Crippen molar-refractivity contribution >= 4 is 0 Å². The largest absolute Gasteiger partial charge is 0.382 e. The van der Waals surface area contributed by atoms with E-state index in [1.807, 2.05) is 7.05 Å². The molecule has 0 aliphatic rings. The summed E-state index contributed by atoms with van der Waals surface area (Å²) >= 11 is 0. The third-order valence-corrected chi connectivity index (χ3v) is 2.02. The molecule has 0 atom stereocenters. The summed E-state index contributed by atoms with van der Waals surface area (Å²) in [6, 6.07) is 0. The summed E-state index contributed by atoms with van der Waals surface area (Å²) in [4.78, 5) is 2.28. The molecule has 0 aromatic heterocycles. The van der Waals surface area contributed by atoms with E-state index in [1.54, 1.807) is 7.11 Å².